The summed E-state index contributed by atoms with van der Waals surface area (Å²) in [5, 5.41) is 5.59. The summed E-state index contributed by atoms with van der Waals surface area (Å²) in [6.45, 7) is 1.62. The highest BCUT2D eigenvalue weighted by Gasteiger charge is 2.33. The first-order chi connectivity index (χ1) is 10.4. The maximum absolute atomic E-state index is 12.7. The highest BCUT2D eigenvalue weighted by atomic mass is 35.5. The van der Waals surface area contributed by atoms with Gasteiger partial charge in [0.2, 0.25) is 5.91 Å². The smallest absolute Gasteiger partial charge is 0.378 e. The Morgan fingerprint density at radius 1 is 1.35 bits per heavy atom. The Hall–Kier alpha value is -1.31. The van der Waals surface area contributed by atoms with Crippen molar-refractivity contribution in [2.75, 3.05) is 19.8 Å². The van der Waals surface area contributed by atoms with Crippen molar-refractivity contribution in [2.24, 2.45) is 0 Å². The standard InChI is InChI=1S/C15H19F3N2O2.ClH/c16-15(17,18)9-13(11-4-2-1-3-5-11)20-14(21)8-12-10-22-7-6-19-12;/h1-5,12-13,19H,6-10H2,(H,20,21);1H. The number of benzene rings is 1. The van der Waals surface area contributed by atoms with Gasteiger partial charge in [0, 0.05) is 19.0 Å². The molecule has 0 aliphatic carbocycles. The van der Waals surface area contributed by atoms with Gasteiger partial charge in [-0.1, -0.05) is 30.3 Å². The van der Waals surface area contributed by atoms with Gasteiger partial charge in [-0.25, -0.2) is 0 Å². The molecule has 1 heterocycles. The first-order valence-corrected chi connectivity index (χ1v) is 7.16. The van der Waals surface area contributed by atoms with E-state index in [1.54, 1.807) is 30.3 Å². The van der Waals surface area contributed by atoms with E-state index >= 15 is 0 Å². The van der Waals surface area contributed by atoms with Crippen molar-refractivity contribution < 1.29 is 22.7 Å². The highest BCUT2D eigenvalue weighted by molar-refractivity contribution is 5.85. The SMILES string of the molecule is Cl.O=C(CC1COCCN1)NC(CC(F)(F)F)c1ccccc1. The zero-order valence-corrected chi connectivity index (χ0v) is 13.3. The number of halogens is 4. The third kappa shape index (κ3) is 7.20. The molecule has 130 valence electrons. The van der Waals surface area contributed by atoms with E-state index < -0.39 is 24.5 Å². The first kappa shape index (κ1) is 19.7. The molecule has 1 aromatic carbocycles. The van der Waals surface area contributed by atoms with Crippen LogP contribution in [0.3, 0.4) is 0 Å². The lowest BCUT2D eigenvalue weighted by Gasteiger charge is -2.25. The maximum Gasteiger partial charge on any atom is 0.391 e. The fraction of sp³-hybridized carbons (Fsp3) is 0.533. The van der Waals surface area contributed by atoms with Gasteiger partial charge < -0.3 is 15.4 Å². The Labute approximate surface area is 139 Å². The molecule has 23 heavy (non-hydrogen) atoms. The summed E-state index contributed by atoms with van der Waals surface area (Å²) in [4.78, 5) is 12.0. The second kappa shape index (κ2) is 9.10. The number of morpholine rings is 1. The van der Waals surface area contributed by atoms with Gasteiger partial charge in [0.1, 0.15) is 0 Å². The molecule has 2 rings (SSSR count). The van der Waals surface area contributed by atoms with E-state index in [-0.39, 0.29) is 24.9 Å². The third-order valence-corrected chi connectivity index (χ3v) is 3.40. The lowest BCUT2D eigenvalue weighted by Crippen LogP contribution is -2.45. The predicted molar refractivity (Wildman–Crippen MR) is 82.5 cm³/mol. The summed E-state index contributed by atoms with van der Waals surface area (Å²) in [7, 11) is 0. The molecule has 2 unspecified atom stereocenters. The number of ether oxygens (including phenoxy) is 1. The van der Waals surface area contributed by atoms with E-state index in [1.165, 1.54) is 0 Å². The molecule has 2 N–H and O–H groups in total. The van der Waals surface area contributed by atoms with Crippen LogP contribution in [-0.4, -0.2) is 37.9 Å². The van der Waals surface area contributed by atoms with Crippen LogP contribution in [0.1, 0.15) is 24.4 Å². The van der Waals surface area contributed by atoms with Crippen LogP contribution in [0.15, 0.2) is 30.3 Å². The molecule has 0 radical (unpaired) electrons. The molecule has 1 aromatic rings. The van der Waals surface area contributed by atoms with E-state index in [4.69, 9.17) is 4.74 Å². The Morgan fingerprint density at radius 2 is 2.04 bits per heavy atom. The van der Waals surface area contributed by atoms with Crippen molar-refractivity contribution >= 4 is 18.3 Å². The van der Waals surface area contributed by atoms with Crippen LogP contribution in [0.2, 0.25) is 0 Å². The number of amides is 1. The summed E-state index contributed by atoms with van der Waals surface area (Å²) in [5.74, 6) is -0.416. The van der Waals surface area contributed by atoms with Crippen LogP contribution in [0.4, 0.5) is 13.2 Å². The van der Waals surface area contributed by atoms with Crippen molar-refractivity contribution in [3.63, 3.8) is 0 Å². The maximum atomic E-state index is 12.7. The molecule has 0 aromatic heterocycles. The number of carbonyl (C=O) groups excluding carboxylic acids is 1. The molecule has 4 nitrogen and oxygen atoms in total. The number of carbonyl (C=O) groups is 1. The molecule has 1 aliphatic rings. The van der Waals surface area contributed by atoms with Gasteiger partial charge in [-0.2, -0.15) is 13.2 Å². The van der Waals surface area contributed by atoms with E-state index in [9.17, 15) is 18.0 Å². The molecule has 1 aliphatic heterocycles. The normalized spacial score (nSPS) is 19.5. The first-order valence-electron chi connectivity index (χ1n) is 7.16. The fourth-order valence-electron chi connectivity index (χ4n) is 2.40. The number of hydrogen-bond donors (Lipinski definition) is 2. The van der Waals surface area contributed by atoms with Gasteiger partial charge in [0.05, 0.1) is 25.7 Å². The van der Waals surface area contributed by atoms with E-state index in [0.717, 1.165) is 0 Å². The lowest BCUT2D eigenvalue weighted by molar-refractivity contribution is -0.143. The molecular formula is C15H20ClF3N2O2. The second-order valence-electron chi connectivity index (χ2n) is 5.28. The molecule has 0 bridgehead atoms. The summed E-state index contributed by atoms with van der Waals surface area (Å²) in [6, 6.07) is 6.97. The highest BCUT2D eigenvalue weighted by Crippen LogP contribution is 2.29. The molecule has 8 heteroatoms. The Morgan fingerprint density at radius 3 is 2.61 bits per heavy atom. The third-order valence-electron chi connectivity index (χ3n) is 3.40. The van der Waals surface area contributed by atoms with Crippen molar-refractivity contribution in [2.45, 2.75) is 31.1 Å². The summed E-state index contributed by atoms with van der Waals surface area (Å²) in [5.41, 5.74) is 0.445. The van der Waals surface area contributed by atoms with Gasteiger partial charge in [0.25, 0.3) is 0 Å². The van der Waals surface area contributed by atoms with Crippen molar-refractivity contribution in [3.05, 3.63) is 35.9 Å². The van der Waals surface area contributed by atoms with Crippen molar-refractivity contribution in [1.29, 1.82) is 0 Å². The van der Waals surface area contributed by atoms with Gasteiger partial charge in [-0.3, -0.25) is 4.79 Å². The van der Waals surface area contributed by atoms with Gasteiger partial charge in [0.15, 0.2) is 0 Å². The summed E-state index contributed by atoms with van der Waals surface area (Å²) < 4.78 is 43.4. The minimum atomic E-state index is -4.35. The molecule has 0 saturated carbocycles. The predicted octanol–water partition coefficient (Wildman–Crippen LogP) is 2.60. The van der Waals surface area contributed by atoms with E-state index in [1.807, 2.05) is 0 Å². The van der Waals surface area contributed by atoms with Crippen LogP contribution in [0, 0.1) is 0 Å². The Bertz CT molecular complexity index is 479. The molecular weight excluding hydrogens is 333 g/mol. The zero-order valence-electron chi connectivity index (χ0n) is 12.4. The average Bonchev–Trinajstić information content (AvgIpc) is 2.47. The Balaban J connectivity index is 0.00000264. The van der Waals surface area contributed by atoms with Crippen LogP contribution < -0.4 is 10.6 Å². The Kier molecular flexibility index (Phi) is 7.81. The minimum Gasteiger partial charge on any atom is -0.378 e. The minimum absolute atomic E-state index is 0. The number of hydrogen-bond acceptors (Lipinski definition) is 3. The average molecular weight is 353 g/mol. The lowest BCUT2D eigenvalue weighted by atomic mass is 10.0. The number of nitrogens with one attached hydrogen (secondary N) is 2. The van der Waals surface area contributed by atoms with E-state index in [2.05, 4.69) is 10.6 Å². The molecule has 1 saturated heterocycles. The number of rotatable bonds is 5. The quantitative estimate of drug-likeness (QED) is 0.856. The van der Waals surface area contributed by atoms with Crippen LogP contribution in [-0.2, 0) is 9.53 Å². The van der Waals surface area contributed by atoms with Crippen molar-refractivity contribution in [1.82, 2.24) is 10.6 Å². The number of alkyl halides is 3. The summed E-state index contributed by atoms with van der Waals surface area (Å²) >= 11 is 0. The van der Waals surface area contributed by atoms with Crippen LogP contribution >= 0.6 is 12.4 Å². The second-order valence-corrected chi connectivity index (χ2v) is 5.28. The van der Waals surface area contributed by atoms with Crippen LogP contribution in [0.25, 0.3) is 0 Å². The molecule has 1 amide bonds. The summed E-state index contributed by atoms with van der Waals surface area (Å²) in [6.07, 6.45) is -5.33. The molecule has 0 spiro atoms. The van der Waals surface area contributed by atoms with Gasteiger partial charge in [-0.05, 0) is 5.56 Å². The van der Waals surface area contributed by atoms with Gasteiger partial charge >= 0.3 is 6.18 Å². The topological polar surface area (TPSA) is 50.4 Å². The molecule has 2 atom stereocenters. The zero-order chi connectivity index (χ0) is 16.0. The van der Waals surface area contributed by atoms with Crippen LogP contribution in [0.5, 0.6) is 0 Å². The molecule has 1 fully saturated rings. The fourth-order valence-corrected chi connectivity index (χ4v) is 2.40. The van der Waals surface area contributed by atoms with Gasteiger partial charge in [-0.15, -0.1) is 12.4 Å². The monoisotopic (exact) mass is 352 g/mol. The largest absolute Gasteiger partial charge is 0.391 e. The van der Waals surface area contributed by atoms with E-state index in [0.29, 0.717) is 25.3 Å². The van der Waals surface area contributed by atoms with Crippen molar-refractivity contribution in [3.8, 4) is 0 Å².